The van der Waals surface area contributed by atoms with E-state index < -0.39 is 0 Å². The first-order valence-electron chi connectivity index (χ1n) is 5.76. The number of aryl methyl sites for hydroxylation is 1. The van der Waals surface area contributed by atoms with Gasteiger partial charge >= 0.3 is 0 Å². The quantitative estimate of drug-likeness (QED) is 0.542. The highest BCUT2D eigenvalue weighted by molar-refractivity contribution is 14.1. The van der Waals surface area contributed by atoms with Gasteiger partial charge in [-0.1, -0.05) is 24.8 Å². The molecule has 0 amide bonds. The van der Waals surface area contributed by atoms with Crippen molar-refractivity contribution in [2.24, 2.45) is 0 Å². The first-order chi connectivity index (χ1) is 8.69. The molecule has 0 aliphatic rings. The minimum absolute atomic E-state index is 0.557. The second-order valence-electron chi connectivity index (χ2n) is 4.05. The summed E-state index contributed by atoms with van der Waals surface area (Å²) in [4.78, 5) is 1.41. The average Bonchev–Trinajstić information content (AvgIpc) is 2.67. The Morgan fingerprint density at radius 2 is 2.06 bits per heavy atom. The maximum absolute atomic E-state index is 5.47. The van der Waals surface area contributed by atoms with Crippen molar-refractivity contribution in [1.82, 2.24) is 0 Å². The third-order valence-corrected chi connectivity index (χ3v) is 4.53. The molecule has 1 heterocycles. The molecule has 0 bridgehead atoms. The predicted molar refractivity (Wildman–Crippen MR) is 86.7 cm³/mol. The molecule has 0 saturated carbocycles. The van der Waals surface area contributed by atoms with Crippen molar-refractivity contribution in [3.05, 3.63) is 61.9 Å². The van der Waals surface area contributed by atoms with Crippen molar-refractivity contribution in [3.8, 4) is 5.75 Å². The van der Waals surface area contributed by atoms with Crippen molar-refractivity contribution in [3.63, 3.8) is 0 Å². The number of thiophene rings is 1. The fourth-order valence-electron chi connectivity index (χ4n) is 1.73. The molecule has 0 saturated heterocycles. The van der Waals surface area contributed by atoms with Crippen LogP contribution in [0.5, 0.6) is 5.75 Å². The highest BCUT2D eigenvalue weighted by Gasteiger charge is 2.04. The molecule has 0 unspecified atom stereocenters. The molecule has 18 heavy (non-hydrogen) atoms. The van der Waals surface area contributed by atoms with E-state index in [2.05, 4.69) is 54.3 Å². The Morgan fingerprint density at radius 1 is 1.33 bits per heavy atom. The third kappa shape index (κ3) is 3.59. The third-order valence-electron chi connectivity index (χ3n) is 2.68. The van der Waals surface area contributed by atoms with Crippen LogP contribution < -0.4 is 4.74 Å². The first-order valence-corrected chi connectivity index (χ1v) is 7.66. The molecule has 94 valence electrons. The van der Waals surface area contributed by atoms with Crippen molar-refractivity contribution < 1.29 is 4.74 Å². The maximum Gasteiger partial charge on any atom is 0.119 e. The highest BCUT2D eigenvalue weighted by Crippen LogP contribution is 2.25. The number of rotatable bonds is 5. The van der Waals surface area contributed by atoms with Gasteiger partial charge in [0.1, 0.15) is 12.4 Å². The SMILES string of the molecule is C=CCOc1ccc(Cc2cc(I)sc2C)cc1. The van der Waals surface area contributed by atoms with Gasteiger partial charge in [-0.25, -0.2) is 0 Å². The van der Waals surface area contributed by atoms with Crippen LogP contribution >= 0.6 is 33.9 Å². The summed E-state index contributed by atoms with van der Waals surface area (Å²) in [6.07, 6.45) is 2.75. The lowest BCUT2D eigenvalue weighted by molar-refractivity contribution is 0.363. The number of benzene rings is 1. The number of hydrogen-bond acceptors (Lipinski definition) is 2. The summed E-state index contributed by atoms with van der Waals surface area (Å²) < 4.78 is 6.82. The monoisotopic (exact) mass is 370 g/mol. The van der Waals surface area contributed by atoms with Crippen LogP contribution in [0.15, 0.2) is 43.0 Å². The van der Waals surface area contributed by atoms with E-state index in [9.17, 15) is 0 Å². The van der Waals surface area contributed by atoms with E-state index in [1.54, 1.807) is 6.08 Å². The van der Waals surface area contributed by atoms with Gasteiger partial charge in [-0.2, -0.15) is 0 Å². The van der Waals surface area contributed by atoms with Gasteiger partial charge in [0.2, 0.25) is 0 Å². The van der Waals surface area contributed by atoms with Gasteiger partial charge in [-0.05, 0) is 65.3 Å². The fourth-order valence-corrected chi connectivity index (χ4v) is 3.86. The molecule has 0 radical (unpaired) electrons. The minimum Gasteiger partial charge on any atom is -0.490 e. The van der Waals surface area contributed by atoms with Crippen molar-refractivity contribution in [2.75, 3.05) is 6.61 Å². The Labute approximate surface area is 126 Å². The molecule has 2 aromatic rings. The van der Waals surface area contributed by atoms with E-state index in [1.807, 2.05) is 23.5 Å². The Morgan fingerprint density at radius 3 is 2.61 bits per heavy atom. The summed E-state index contributed by atoms with van der Waals surface area (Å²) in [7, 11) is 0. The second-order valence-corrected chi connectivity index (χ2v) is 7.20. The van der Waals surface area contributed by atoms with Gasteiger partial charge < -0.3 is 4.74 Å². The van der Waals surface area contributed by atoms with Crippen LogP contribution in [0, 0.1) is 9.81 Å². The minimum atomic E-state index is 0.557. The molecule has 1 aromatic heterocycles. The largest absolute Gasteiger partial charge is 0.490 e. The molecule has 1 aromatic carbocycles. The molecule has 0 spiro atoms. The van der Waals surface area contributed by atoms with Crippen LogP contribution in [0.1, 0.15) is 16.0 Å². The number of hydrogen-bond donors (Lipinski definition) is 0. The summed E-state index contributed by atoms with van der Waals surface area (Å²) in [5.41, 5.74) is 2.74. The first kappa shape index (κ1) is 13.6. The summed E-state index contributed by atoms with van der Waals surface area (Å²) in [6, 6.07) is 10.6. The molecule has 0 fully saturated rings. The molecule has 0 aliphatic heterocycles. The Hall–Kier alpha value is -0.810. The lowest BCUT2D eigenvalue weighted by Gasteiger charge is -2.05. The molecule has 3 heteroatoms. The predicted octanol–water partition coefficient (Wildman–Crippen LogP) is 4.82. The van der Waals surface area contributed by atoms with Gasteiger partial charge in [-0.15, -0.1) is 11.3 Å². The van der Waals surface area contributed by atoms with Gasteiger partial charge in [0, 0.05) is 4.88 Å². The highest BCUT2D eigenvalue weighted by atomic mass is 127. The molecular weight excluding hydrogens is 355 g/mol. The van der Waals surface area contributed by atoms with E-state index in [4.69, 9.17) is 4.74 Å². The number of ether oxygens (including phenoxy) is 1. The topological polar surface area (TPSA) is 9.23 Å². The van der Waals surface area contributed by atoms with Crippen molar-refractivity contribution in [1.29, 1.82) is 0 Å². The maximum atomic E-state index is 5.47. The van der Waals surface area contributed by atoms with Gasteiger partial charge in [0.05, 0.1) is 2.88 Å². The molecule has 1 nitrogen and oxygen atoms in total. The van der Waals surface area contributed by atoms with E-state index in [0.29, 0.717) is 6.61 Å². The molecular formula is C15H15IOS. The Kier molecular flexibility index (Phi) is 4.83. The summed E-state index contributed by atoms with van der Waals surface area (Å²) >= 11 is 4.23. The smallest absolute Gasteiger partial charge is 0.119 e. The zero-order valence-corrected chi connectivity index (χ0v) is 13.3. The van der Waals surface area contributed by atoms with Crippen LogP contribution in [0.2, 0.25) is 0 Å². The molecule has 2 rings (SSSR count). The van der Waals surface area contributed by atoms with Gasteiger partial charge in [0.15, 0.2) is 0 Å². The average molecular weight is 370 g/mol. The lowest BCUT2D eigenvalue weighted by Crippen LogP contribution is -1.93. The Bertz CT molecular complexity index is 528. The zero-order valence-electron chi connectivity index (χ0n) is 10.3. The molecule has 0 N–H and O–H groups in total. The Balaban J connectivity index is 2.06. The molecule has 0 atom stereocenters. The van der Waals surface area contributed by atoms with Crippen LogP contribution in [-0.2, 0) is 6.42 Å². The van der Waals surface area contributed by atoms with Gasteiger partial charge in [0.25, 0.3) is 0 Å². The van der Waals surface area contributed by atoms with E-state index >= 15 is 0 Å². The van der Waals surface area contributed by atoms with Crippen LogP contribution in [0.4, 0.5) is 0 Å². The van der Waals surface area contributed by atoms with Crippen LogP contribution in [0.25, 0.3) is 0 Å². The van der Waals surface area contributed by atoms with E-state index in [-0.39, 0.29) is 0 Å². The van der Waals surface area contributed by atoms with Crippen LogP contribution in [0.3, 0.4) is 0 Å². The van der Waals surface area contributed by atoms with Crippen molar-refractivity contribution >= 4 is 33.9 Å². The zero-order chi connectivity index (χ0) is 13.0. The van der Waals surface area contributed by atoms with E-state index in [1.165, 1.54) is 18.9 Å². The number of halogens is 1. The normalized spacial score (nSPS) is 10.3. The lowest BCUT2D eigenvalue weighted by atomic mass is 10.1. The van der Waals surface area contributed by atoms with Gasteiger partial charge in [-0.3, -0.25) is 0 Å². The second kappa shape index (κ2) is 6.38. The summed E-state index contributed by atoms with van der Waals surface area (Å²) in [6.45, 7) is 6.38. The van der Waals surface area contributed by atoms with Crippen LogP contribution in [-0.4, -0.2) is 6.61 Å². The summed E-state index contributed by atoms with van der Waals surface area (Å²) in [5.74, 6) is 0.898. The summed E-state index contributed by atoms with van der Waals surface area (Å²) in [5, 5.41) is 0. The molecule has 0 aliphatic carbocycles. The standard InChI is InChI=1S/C15H15IOS/c1-3-8-17-14-6-4-12(5-7-14)9-13-10-15(16)18-11(13)2/h3-7,10H,1,8-9H2,2H3. The fraction of sp³-hybridized carbons (Fsp3) is 0.200. The van der Waals surface area contributed by atoms with Crippen molar-refractivity contribution in [2.45, 2.75) is 13.3 Å². The van der Waals surface area contributed by atoms with E-state index in [0.717, 1.165) is 12.2 Å².